The average Bonchev–Trinajstić information content (AvgIpc) is 2.38. The maximum atomic E-state index is 5.77. The van der Waals surface area contributed by atoms with Gasteiger partial charge >= 0.3 is 0 Å². The van der Waals surface area contributed by atoms with Crippen LogP contribution in [0.1, 0.15) is 5.56 Å². The minimum atomic E-state index is 0.735. The van der Waals surface area contributed by atoms with Crippen LogP contribution in [0.5, 0.6) is 5.75 Å². The molecule has 0 saturated carbocycles. The predicted octanol–water partition coefficient (Wildman–Crippen LogP) is 2.31. The van der Waals surface area contributed by atoms with E-state index in [1.165, 1.54) is 0 Å². The molecule has 1 aromatic carbocycles. The summed E-state index contributed by atoms with van der Waals surface area (Å²) < 4.78 is 5.30. The summed E-state index contributed by atoms with van der Waals surface area (Å²) in [5.41, 5.74) is 7.69. The standard InChI is InChI=1S/C14H17N3O/c1-17(10-11-5-3-6-12(15)9-11)14-13(18-2)7-4-8-16-14/h3-9H,10,15H2,1-2H3. The molecular weight excluding hydrogens is 226 g/mol. The number of hydrogen-bond donors (Lipinski definition) is 1. The van der Waals surface area contributed by atoms with Crippen LogP contribution in [0.4, 0.5) is 11.5 Å². The first-order valence-corrected chi connectivity index (χ1v) is 5.75. The zero-order valence-corrected chi connectivity index (χ0v) is 10.6. The Balaban J connectivity index is 2.19. The molecule has 0 spiro atoms. The van der Waals surface area contributed by atoms with E-state index in [0.717, 1.165) is 29.4 Å². The highest BCUT2D eigenvalue weighted by Crippen LogP contribution is 2.25. The second-order valence-corrected chi connectivity index (χ2v) is 4.13. The summed E-state index contributed by atoms with van der Waals surface area (Å²) in [7, 11) is 3.63. The third kappa shape index (κ3) is 2.71. The highest BCUT2D eigenvalue weighted by atomic mass is 16.5. The van der Waals surface area contributed by atoms with E-state index in [1.807, 2.05) is 48.3 Å². The normalized spacial score (nSPS) is 10.1. The van der Waals surface area contributed by atoms with E-state index in [4.69, 9.17) is 10.5 Å². The van der Waals surface area contributed by atoms with Crippen LogP contribution >= 0.6 is 0 Å². The summed E-state index contributed by atoms with van der Waals surface area (Å²) >= 11 is 0. The van der Waals surface area contributed by atoms with Gasteiger partial charge in [-0.2, -0.15) is 0 Å². The molecule has 18 heavy (non-hydrogen) atoms. The number of rotatable bonds is 4. The second kappa shape index (κ2) is 5.40. The average molecular weight is 243 g/mol. The topological polar surface area (TPSA) is 51.4 Å². The fourth-order valence-corrected chi connectivity index (χ4v) is 1.87. The molecule has 0 aliphatic rings. The summed E-state index contributed by atoms with van der Waals surface area (Å²) in [5, 5.41) is 0. The van der Waals surface area contributed by atoms with Crippen LogP contribution in [0, 0.1) is 0 Å². The van der Waals surface area contributed by atoms with Crippen LogP contribution < -0.4 is 15.4 Å². The molecule has 0 bridgehead atoms. The van der Waals surface area contributed by atoms with Gasteiger partial charge in [0.25, 0.3) is 0 Å². The Morgan fingerprint density at radius 1 is 1.28 bits per heavy atom. The van der Waals surface area contributed by atoms with Crippen LogP contribution in [-0.4, -0.2) is 19.1 Å². The molecule has 0 atom stereocenters. The minimum absolute atomic E-state index is 0.735. The largest absolute Gasteiger partial charge is 0.493 e. The van der Waals surface area contributed by atoms with Crippen molar-refractivity contribution in [1.82, 2.24) is 4.98 Å². The van der Waals surface area contributed by atoms with Crippen molar-refractivity contribution in [3.8, 4) is 5.75 Å². The molecule has 2 aromatic rings. The number of hydrogen-bond acceptors (Lipinski definition) is 4. The van der Waals surface area contributed by atoms with Crippen LogP contribution in [0.3, 0.4) is 0 Å². The number of methoxy groups -OCH3 is 1. The van der Waals surface area contributed by atoms with Crippen molar-refractivity contribution in [2.75, 3.05) is 24.8 Å². The van der Waals surface area contributed by atoms with E-state index in [-0.39, 0.29) is 0 Å². The first-order chi connectivity index (χ1) is 8.70. The SMILES string of the molecule is COc1cccnc1N(C)Cc1cccc(N)c1. The maximum absolute atomic E-state index is 5.77. The molecule has 4 heteroatoms. The number of nitrogens with two attached hydrogens (primary N) is 1. The van der Waals surface area contributed by atoms with E-state index >= 15 is 0 Å². The Labute approximate surface area is 107 Å². The van der Waals surface area contributed by atoms with Gasteiger partial charge in [-0.15, -0.1) is 0 Å². The number of nitrogens with zero attached hydrogens (tertiary/aromatic N) is 2. The van der Waals surface area contributed by atoms with Gasteiger partial charge in [0, 0.05) is 25.5 Å². The minimum Gasteiger partial charge on any atom is -0.493 e. The maximum Gasteiger partial charge on any atom is 0.171 e. The molecule has 0 amide bonds. The number of aromatic nitrogens is 1. The molecule has 0 unspecified atom stereocenters. The monoisotopic (exact) mass is 243 g/mol. The van der Waals surface area contributed by atoms with Crippen LogP contribution in [0.2, 0.25) is 0 Å². The number of benzene rings is 1. The van der Waals surface area contributed by atoms with Crippen LogP contribution in [0.25, 0.3) is 0 Å². The smallest absolute Gasteiger partial charge is 0.171 e. The zero-order chi connectivity index (χ0) is 13.0. The lowest BCUT2D eigenvalue weighted by Gasteiger charge is -2.20. The Hall–Kier alpha value is -2.23. The van der Waals surface area contributed by atoms with E-state index in [2.05, 4.69) is 4.98 Å². The Morgan fingerprint density at radius 2 is 2.11 bits per heavy atom. The predicted molar refractivity (Wildman–Crippen MR) is 73.8 cm³/mol. The van der Waals surface area contributed by atoms with Crippen LogP contribution in [0.15, 0.2) is 42.6 Å². The van der Waals surface area contributed by atoms with Crippen molar-refractivity contribution >= 4 is 11.5 Å². The molecule has 0 radical (unpaired) electrons. The molecule has 4 nitrogen and oxygen atoms in total. The summed E-state index contributed by atoms with van der Waals surface area (Å²) in [4.78, 5) is 6.37. The van der Waals surface area contributed by atoms with Gasteiger partial charge in [0.1, 0.15) is 0 Å². The number of pyridine rings is 1. The van der Waals surface area contributed by atoms with Gasteiger partial charge < -0.3 is 15.4 Å². The Bertz CT molecular complexity index is 528. The van der Waals surface area contributed by atoms with E-state index in [9.17, 15) is 0 Å². The summed E-state index contributed by atoms with van der Waals surface area (Å²) in [6.45, 7) is 0.735. The van der Waals surface area contributed by atoms with Gasteiger partial charge in [-0.25, -0.2) is 4.98 Å². The van der Waals surface area contributed by atoms with Crippen molar-refractivity contribution in [3.05, 3.63) is 48.2 Å². The Morgan fingerprint density at radius 3 is 2.83 bits per heavy atom. The molecule has 1 aromatic heterocycles. The van der Waals surface area contributed by atoms with E-state index in [0.29, 0.717) is 0 Å². The number of anilines is 2. The molecule has 1 heterocycles. The molecular formula is C14H17N3O. The molecule has 94 valence electrons. The van der Waals surface area contributed by atoms with Crippen molar-refractivity contribution in [2.45, 2.75) is 6.54 Å². The third-order valence-electron chi connectivity index (χ3n) is 2.70. The fourth-order valence-electron chi connectivity index (χ4n) is 1.87. The number of ether oxygens (including phenoxy) is 1. The highest BCUT2D eigenvalue weighted by molar-refractivity contribution is 5.52. The van der Waals surface area contributed by atoms with Gasteiger partial charge in [-0.3, -0.25) is 0 Å². The molecule has 2 N–H and O–H groups in total. The lowest BCUT2D eigenvalue weighted by atomic mass is 10.2. The Kier molecular flexibility index (Phi) is 3.67. The molecule has 0 fully saturated rings. The molecule has 0 aliphatic heterocycles. The summed E-state index contributed by atoms with van der Waals surface area (Å²) in [6.07, 6.45) is 1.76. The molecule has 0 saturated heterocycles. The van der Waals surface area contributed by atoms with Crippen LogP contribution in [-0.2, 0) is 6.54 Å². The summed E-state index contributed by atoms with van der Waals surface area (Å²) in [6, 6.07) is 11.6. The van der Waals surface area contributed by atoms with Gasteiger partial charge in [0.2, 0.25) is 0 Å². The first kappa shape index (κ1) is 12.2. The zero-order valence-electron chi connectivity index (χ0n) is 10.6. The van der Waals surface area contributed by atoms with Crippen molar-refractivity contribution in [3.63, 3.8) is 0 Å². The van der Waals surface area contributed by atoms with E-state index < -0.39 is 0 Å². The van der Waals surface area contributed by atoms with Gasteiger partial charge in [0.05, 0.1) is 7.11 Å². The third-order valence-corrected chi connectivity index (χ3v) is 2.70. The van der Waals surface area contributed by atoms with Gasteiger partial charge in [-0.1, -0.05) is 12.1 Å². The summed E-state index contributed by atoms with van der Waals surface area (Å²) in [5.74, 6) is 1.59. The van der Waals surface area contributed by atoms with Gasteiger partial charge in [-0.05, 0) is 29.8 Å². The second-order valence-electron chi connectivity index (χ2n) is 4.13. The molecule has 0 aliphatic carbocycles. The van der Waals surface area contributed by atoms with Gasteiger partial charge in [0.15, 0.2) is 11.6 Å². The van der Waals surface area contributed by atoms with Crippen molar-refractivity contribution < 1.29 is 4.74 Å². The highest BCUT2D eigenvalue weighted by Gasteiger charge is 2.09. The first-order valence-electron chi connectivity index (χ1n) is 5.75. The number of nitrogen functional groups attached to an aromatic ring is 1. The molecule has 2 rings (SSSR count). The lowest BCUT2D eigenvalue weighted by molar-refractivity contribution is 0.413. The fraction of sp³-hybridized carbons (Fsp3) is 0.214. The van der Waals surface area contributed by atoms with Crippen molar-refractivity contribution in [1.29, 1.82) is 0 Å². The lowest BCUT2D eigenvalue weighted by Crippen LogP contribution is -2.18. The van der Waals surface area contributed by atoms with Crippen molar-refractivity contribution in [2.24, 2.45) is 0 Å². The van der Waals surface area contributed by atoms with E-state index in [1.54, 1.807) is 13.3 Å². The quantitative estimate of drug-likeness (QED) is 0.837.